The molecule has 0 spiro atoms. The molecule has 38 heavy (non-hydrogen) atoms. The summed E-state index contributed by atoms with van der Waals surface area (Å²) in [6.45, 7) is 0. The molecular weight excluding hydrogens is 462 g/mol. The van der Waals surface area contributed by atoms with Gasteiger partial charge in [0.2, 0.25) is 0 Å². The summed E-state index contributed by atoms with van der Waals surface area (Å²) in [5.74, 6) is 0. The van der Waals surface area contributed by atoms with Gasteiger partial charge in [-0.25, -0.2) is 9.97 Å². The van der Waals surface area contributed by atoms with Crippen LogP contribution in [0.25, 0.3) is 66.0 Å². The molecular formula is C35H21N3. The van der Waals surface area contributed by atoms with Crippen molar-refractivity contribution in [3.05, 3.63) is 133 Å². The van der Waals surface area contributed by atoms with Gasteiger partial charge in [0, 0.05) is 10.9 Å². The summed E-state index contributed by atoms with van der Waals surface area (Å²) in [6, 6.07) is 44.1. The van der Waals surface area contributed by atoms with Crippen molar-refractivity contribution in [2.75, 3.05) is 0 Å². The van der Waals surface area contributed by atoms with Gasteiger partial charge >= 0.3 is 0 Å². The smallest absolute Gasteiger partial charge is 0.116 e. The lowest BCUT2D eigenvalue weighted by Crippen LogP contribution is -1.95. The predicted molar refractivity (Wildman–Crippen MR) is 156 cm³/mol. The molecule has 0 N–H and O–H groups in total. The van der Waals surface area contributed by atoms with E-state index in [0.29, 0.717) is 5.56 Å². The number of para-hydroxylation sites is 1. The van der Waals surface area contributed by atoms with Gasteiger partial charge in [-0.15, -0.1) is 0 Å². The first-order valence-corrected chi connectivity index (χ1v) is 12.6. The molecule has 0 unspecified atom stereocenters. The fourth-order valence-electron chi connectivity index (χ4n) is 5.38. The molecule has 6 aromatic carbocycles. The summed E-state index contributed by atoms with van der Waals surface area (Å²) in [7, 11) is 0. The quantitative estimate of drug-likeness (QED) is 0.252. The third kappa shape index (κ3) is 3.59. The lowest BCUT2D eigenvalue weighted by atomic mass is 9.85. The largest absolute Gasteiger partial charge is 0.236 e. The van der Waals surface area contributed by atoms with E-state index in [1.807, 2.05) is 42.5 Å². The Labute approximate surface area is 220 Å². The van der Waals surface area contributed by atoms with E-state index < -0.39 is 0 Å². The van der Waals surface area contributed by atoms with Gasteiger partial charge in [0.1, 0.15) is 6.33 Å². The first kappa shape index (κ1) is 21.9. The van der Waals surface area contributed by atoms with Gasteiger partial charge in [0.15, 0.2) is 0 Å². The molecule has 1 heterocycles. The summed E-state index contributed by atoms with van der Waals surface area (Å²) in [4.78, 5) is 9.39. The average molecular weight is 484 g/mol. The molecule has 0 atom stereocenters. The Morgan fingerprint density at radius 2 is 1.18 bits per heavy atom. The number of aromatic nitrogens is 2. The van der Waals surface area contributed by atoms with E-state index in [1.165, 1.54) is 10.8 Å². The third-order valence-electron chi connectivity index (χ3n) is 7.21. The van der Waals surface area contributed by atoms with Crippen LogP contribution in [-0.4, -0.2) is 9.97 Å². The molecule has 0 radical (unpaired) electrons. The molecule has 176 valence electrons. The minimum absolute atomic E-state index is 0.648. The highest BCUT2D eigenvalue weighted by molar-refractivity contribution is 6.11. The van der Waals surface area contributed by atoms with Crippen LogP contribution in [0.15, 0.2) is 128 Å². The van der Waals surface area contributed by atoms with Crippen molar-refractivity contribution in [1.29, 1.82) is 5.26 Å². The summed E-state index contributed by atoms with van der Waals surface area (Å²) in [5, 5.41) is 15.0. The van der Waals surface area contributed by atoms with Gasteiger partial charge < -0.3 is 0 Å². The van der Waals surface area contributed by atoms with E-state index in [9.17, 15) is 5.26 Å². The number of benzene rings is 6. The highest BCUT2D eigenvalue weighted by atomic mass is 14.8. The molecule has 0 amide bonds. The first-order chi connectivity index (χ1) is 18.8. The van der Waals surface area contributed by atoms with Crippen molar-refractivity contribution in [2.24, 2.45) is 0 Å². The first-order valence-electron chi connectivity index (χ1n) is 12.6. The zero-order valence-electron chi connectivity index (χ0n) is 20.5. The molecule has 1 aromatic heterocycles. The number of hydrogen-bond donors (Lipinski definition) is 0. The number of hydrogen-bond acceptors (Lipinski definition) is 3. The summed E-state index contributed by atoms with van der Waals surface area (Å²) in [6.07, 6.45) is 1.66. The minimum atomic E-state index is 0.648. The molecule has 0 aliphatic carbocycles. The second-order valence-electron chi connectivity index (χ2n) is 9.38. The monoisotopic (exact) mass is 483 g/mol. The number of nitriles is 1. The van der Waals surface area contributed by atoms with Gasteiger partial charge in [-0.1, -0.05) is 91.0 Å². The number of nitrogens with zero attached hydrogens (tertiary/aromatic N) is 3. The summed E-state index contributed by atoms with van der Waals surface area (Å²) in [5.41, 5.74) is 7.99. The van der Waals surface area contributed by atoms with Crippen molar-refractivity contribution in [2.45, 2.75) is 0 Å². The van der Waals surface area contributed by atoms with Crippen LogP contribution in [0.4, 0.5) is 0 Å². The van der Waals surface area contributed by atoms with Crippen LogP contribution >= 0.6 is 0 Å². The van der Waals surface area contributed by atoms with Crippen LogP contribution in [0.5, 0.6) is 0 Å². The van der Waals surface area contributed by atoms with Gasteiger partial charge in [0.25, 0.3) is 0 Å². The normalized spacial score (nSPS) is 11.1. The topological polar surface area (TPSA) is 49.6 Å². The average Bonchev–Trinajstić information content (AvgIpc) is 2.99. The van der Waals surface area contributed by atoms with E-state index >= 15 is 0 Å². The molecule has 0 saturated heterocycles. The van der Waals surface area contributed by atoms with E-state index in [1.54, 1.807) is 6.33 Å². The Morgan fingerprint density at radius 1 is 0.526 bits per heavy atom. The molecule has 0 aliphatic rings. The van der Waals surface area contributed by atoms with Crippen molar-refractivity contribution < 1.29 is 0 Å². The highest BCUT2D eigenvalue weighted by Crippen LogP contribution is 2.44. The van der Waals surface area contributed by atoms with Crippen LogP contribution in [0.1, 0.15) is 5.56 Å². The maximum Gasteiger partial charge on any atom is 0.116 e. The van der Waals surface area contributed by atoms with E-state index in [0.717, 1.165) is 55.2 Å². The van der Waals surface area contributed by atoms with Gasteiger partial charge in [-0.05, 0) is 74.1 Å². The van der Waals surface area contributed by atoms with Crippen molar-refractivity contribution in [3.63, 3.8) is 0 Å². The summed E-state index contributed by atoms with van der Waals surface area (Å²) < 4.78 is 0. The lowest BCUT2D eigenvalue weighted by molar-refractivity contribution is 1.23. The number of fused-ring (bicyclic) bond motifs is 3. The maximum absolute atomic E-state index is 9.36. The molecule has 3 nitrogen and oxygen atoms in total. The van der Waals surface area contributed by atoms with E-state index in [4.69, 9.17) is 4.98 Å². The predicted octanol–water partition coefficient (Wildman–Crippen LogP) is 8.81. The van der Waals surface area contributed by atoms with Crippen LogP contribution in [0.3, 0.4) is 0 Å². The standard InChI is InChI=1S/C35H21N3/c36-21-23-13-15-25(16-14-23)31-19-26-8-1-2-9-27(26)20-32(31)29-18-17-24-7-3-4-10-28(24)34(29)35-30-11-5-6-12-33(30)37-22-38-35/h1-20,22H. The van der Waals surface area contributed by atoms with Crippen molar-refractivity contribution in [3.8, 4) is 39.6 Å². The van der Waals surface area contributed by atoms with Gasteiger partial charge in [-0.3, -0.25) is 0 Å². The lowest BCUT2D eigenvalue weighted by Gasteiger charge is -2.18. The van der Waals surface area contributed by atoms with Crippen LogP contribution in [0, 0.1) is 11.3 Å². The molecule has 7 aromatic rings. The van der Waals surface area contributed by atoms with Gasteiger partial charge in [0.05, 0.1) is 22.8 Å². The molecule has 0 bridgehead atoms. The second-order valence-corrected chi connectivity index (χ2v) is 9.38. The van der Waals surface area contributed by atoms with Crippen LogP contribution in [0.2, 0.25) is 0 Å². The van der Waals surface area contributed by atoms with Gasteiger partial charge in [-0.2, -0.15) is 5.26 Å². The Morgan fingerprint density at radius 3 is 1.95 bits per heavy atom. The van der Waals surface area contributed by atoms with Crippen molar-refractivity contribution in [1.82, 2.24) is 9.97 Å². The third-order valence-corrected chi connectivity index (χ3v) is 7.21. The summed E-state index contributed by atoms with van der Waals surface area (Å²) >= 11 is 0. The Balaban J connectivity index is 1.61. The van der Waals surface area contributed by atoms with Crippen LogP contribution in [-0.2, 0) is 0 Å². The number of rotatable bonds is 3. The van der Waals surface area contributed by atoms with Crippen LogP contribution < -0.4 is 0 Å². The maximum atomic E-state index is 9.36. The molecule has 7 rings (SSSR count). The Kier molecular flexibility index (Phi) is 5.17. The highest BCUT2D eigenvalue weighted by Gasteiger charge is 2.19. The van der Waals surface area contributed by atoms with E-state index in [2.05, 4.69) is 89.9 Å². The molecule has 0 fully saturated rings. The Hall–Kier alpha value is -5.33. The SMILES string of the molecule is N#Cc1ccc(-c2cc3ccccc3cc2-c2ccc3ccccc3c2-c2ncnc3ccccc23)cc1. The zero-order valence-corrected chi connectivity index (χ0v) is 20.5. The molecule has 0 saturated carbocycles. The fourth-order valence-corrected chi connectivity index (χ4v) is 5.38. The molecule has 3 heteroatoms. The molecule has 0 aliphatic heterocycles. The fraction of sp³-hybridized carbons (Fsp3) is 0. The Bertz CT molecular complexity index is 2030. The minimum Gasteiger partial charge on any atom is -0.236 e. The van der Waals surface area contributed by atoms with Crippen molar-refractivity contribution >= 4 is 32.4 Å². The second kappa shape index (κ2) is 8.96. The van der Waals surface area contributed by atoms with E-state index in [-0.39, 0.29) is 0 Å². The zero-order chi connectivity index (χ0) is 25.5.